The summed E-state index contributed by atoms with van der Waals surface area (Å²) >= 11 is 0. The van der Waals surface area contributed by atoms with Crippen molar-refractivity contribution in [1.29, 1.82) is 0 Å². The molecule has 0 radical (unpaired) electrons. The lowest BCUT2D eigenvalue weighted by atomic mass is 10.0. The van der Waals surface area contributed by atoms with Gasteiger partial charge < -0.3 is 15.0 Å². The second-order valence-corrected chi connectivity index (χ2v) is 8.04. The van der Waals surface area contributed by atoms with Crippen molar-refractivity contribution in [3.63, 3.8) is 0 Å². The fourth-order valence-electron chi connectivity index (χ4n) is 3.69. The number of hydrogen-bond acceptors (Lipinski definition) is 3. The van der Waals surface area contributed by atoms with E-state index in [1.54, 1.807) is 0 Å². The number of rotatable bonds is 3. The third-order valence-electron chi connectivity index (χ3n) is 4.90. The van der Waals surface area contributed by atoms with E-state index < -0.39 is 5.60 Å². The maximum Gasteiger partial charge on any atom is 0.410 e. The van der Waals surface area contributed by atoms with Gasteiger partial charge in [0.05, 0.1) is 6.04 Å². The lowest BCUT2D eigenvalue weighted by molar-refractivity contribution is 0.0114. The fourth-order valence-corrected chi connectivity index (χ4v) is 3.69. The number of anilines is 1. The van der Waals surface area contributed by atoms with Gasteiger partial charge in [-0.05, 0) is 82.6 Å². The SMILES string of the molecule is CC(C)(C)OC(=O)N1CCCCC1CNc1ccc2c(c1)CCC2. The van der Waals surface area contributed by atoms with Crippen LogP contribution in [0.2, 0.25) is 0 Å². The van der Waals surface area contributed by atoms with Gasteiger partial charge in [-0.25, -0.2) is 4.79 Å². The monoisotopic (exact) mass is 330 g/mol. The molecule has 1 fully saturated rings. The number of nitrogens with zero attached hydrogens (tertiary/aromatic N) is 1. The minimum absolute atomic E-state index is 0.178. The van der Waals surface area contributed by atoms with Crippen molar-refractivity contribution in [3.8, 4) is 0 Å². The molecule has 0 spiro atoms. The minimum atomic E-state index is -0.438. The van der Waals surface area contributed by atoms with Crippen molar-refractivity contribution in [1.82, 2.24) is 4.90 Å². The summed E-state index contributed by atoms with van der Waals surface area (Å²) in [5, 5.41) is 3.54. The van der Waals surface area contributed by atoms with Gasteiger partial charge in [-0.2, -0.15) is 0 Å². The number of carbonyl (C=O) groups is 1. The Hall–Kier alpha value is -1.71. The minimum Gasteiger partial charge on any atom is -0.444 e. The first-order valence-corrected chi connectivity index (χ1v) is 9.28. The number of hydrogen-bond donors (Lipinski definition) is 1. The molecule has 1 aromatic carbocycles. The molecule has 132 valence electrons. The van der Waals surface area contributed by atoms with Crippen molar-refractivity contribution < 1.29 is 9.53 Å². The number of carbonyl (C=O) groups excluding carboxylic acids is 1. The highest BCUT2D eigenvalue weighted by molar-refractivity contribution is 5.68. The van der Waals surface area contributed by atoms with Crippen LogP contribution in [0.1, 0.15) is 57.6 Å². The van der Waals surface area contributed by atoms with Crippen molar-refractivity contribution in [3.05, 3.63) is 29.3 Å². The fraction of sp³-hybridized carbons (Fsp3) is 0.650. The highest BCUT2D eigenvalue weighted by Gasteiger charge is 2.30. The van der Waals surface area contributed by atoms with E-state index in [0.29, 0.717) is 0 Å². The third kappa shape index (κ3) is 4.22. The molecule has 1 unspecified atom stereocenters. The lowest BCUT2D eigenvalue weighted by Gasteiger charge is -2.37. The third-order valence-corrected chi connectivity index (χ3v) is 4.90. The molecule has 1 N–H and O–H groups in total. The van der Waals surface area contributed by atoms with Gasteiger partial charge >= 0.3 is 6.09 Å². The van der Waals surface area contributed by atoms with Gasteiger partial charge in [0.25, 0.3) is 0 Å². The molecule has 2 aliphatic rings. The van der Waals surface area contributed by atoms with Crippen molar-refractivity contribution in [2.24, 2.45) is 0 Å². The van der Waals surface area contributed by atoms with Gasteiger partial charge in [-0.15, -0.1) is 0 Å². The number of amides is 1. The Morgan fingerprint density at radius 1 is 1.21 bits per heavy atom. The average molecular weight is 330 g/mol. The Morgan fingerprint density at radius 2 is 2.00 bits per heavy atom. The van der Waals surface area contributed by atoms with Gasteiger partial charge in [-0.3, -0.25) is 0 Å². The van der Waals surface area contributed by atoms with E-state index in [9.17, 15) is 4.79 Å². The average Bonchev–Trinajstić information content (AvgIpc) is 2.99. The van der Waals surface area contributed by atoms with Crippen LogP contribution in [0.15, 0.2) is 18.2 Å². The summed E-state index contributed by atoms with van der Waals surface area (Å²) in [6.07, 6.45) is 6.78. The molecule has 0 aromatic heterocycles. The summed E-state index contributed by atoms with van der Waals surface area (Å²) in [4.78, 5) is 14.4. The van der Waals surface area contributed by atoms with Crippen LogP contribution in [-0.4, -0.2) is 35.7 Å². The van der Waals surface area contributed by atoms with Gasteiger partial charge in [0.1, 0.15) is 5.60 Å². The first kappa shape index (κ1) is 17.1. The summed E-state index contributed by atoms with van der Waals surface area (Å²) in [7, 11) is 0. The van der Waals surface area contributed by atoms with E-state index in [-0.39, 0.29) is 12.1 Å². The summed E-state index contributed by atoms with van der Waals surface area (Å²) < 4.78 is 5.58. The molecule has 1 atom stereocenters. The van der Waals surface area contributed by atoms with E-state index in [2.05, 4.69) is 23.5 Å². The smallest absolute Gasteiger partial charge is 0.410 e. The molecule has 1 aliphatic heterocycles. The topological polar surface area (TPSA) is 41.6 Å². The summed E-state index contributed by atoms with van der Waals surface area (Å²) in [6.45, 7) is 7.36. The number of fused-ring (bicyclic) bond motifs is 1. The molecule has 1 aromatic rings. The molecule has 4 heteroatoms. The molecule has 0 saturated carbocycles. The van der Waals surface area contributed by atoms with Crippen molar-refractivity contribution >= 4 is 11.8 Å². The Bertz CT molecular complexity index is 592. The molecular weight excluding hydrogens is 300 g/mol. The lowest BCUT2D eigenvalue weighted by Crippen LogP contribution is -2.48. The Labute approximate surface area is 145 Å². The zero-order valence-electron chi connectivity index (χ0n) is 15.2. The first-order chi connectivity index (χ1) is 11.4. The summed E-state index contributed by atoms with van der Waals surface area (Å²) in [5.41, 5.74) is 3.71. The van der Waals surface area contributed by atoms with Crippen LogP contribution in [0.4, 0.5) is 10.5 Å². The van der Waals surface area contributed by atoms with Crippen LogP contribution in [0, 0.1) is 0 Å². The number of aryl methyl sites for hydroxylation is 2. The van der Waals surface area contributed by atoms with Crippen LogP contribution in [-0.2, 0) is 17.6 Å². The van der Waals surface area contributed by atoms with Gasteiger partial charge in [0.2, 0.25) is 0 Å². The van der Waals surface area contributed by atoms with Crippen LogP contribution in [0.3, 0.4) is 0 Å². The molecule has 3 rings (SSSR count). The molecule has 24 heavy (non-hydrogen) atoms. The van der Waals surface area contributed by atoms with E-state index in [0.717, 1.165) is 25.9 Å². The molecule has 1 amide bonds. The van der Waals surface area contributed by atoms with Gasteiger partial charge in [-0.1, -0.05) is 6.07 Å². The molecule has 1 saturated heterocycles. The van der Waals surface area contributed by atoms with E-state index >= 15 is 0 Å². The number of piperidine rings is 1. The maximum atomic E-state index is 12.5. The predicted octanol–water partition coefficient (Wildman–Crippen LogP) is 4.38. The first-order valence-electron chi connectivity index (χ1n) is 9.28. The number of ether oxygens (including phenoxy) is 1. The highest BCUT2D eigenvalue weighted by atomic mass is 16.6. The van der Waals surface area contributed by atoms with E-state index in [1.165, 1.54) is 42.5 Å². The Balaban J connectivity index is 1.60. The Morgan fingerprint density at radius 3 is 2.79 bits per heavy atom. The van der Waals surface area contributed by atoms with Crippen molar-refractivity contribution in [2.45, 2.75) is 70.9 Å². The maximum absolute atomic E-state index is 12.5. The van der Waals surface area contributed by atoms with E-state index in [4.69, 9.17) is 4.74 Å². The zero-order valence-corrected chi connectivity index (χ0v) is 15.2. The molecular formula is C20H30N2O2. The van der Waals surface area contributed by atoms with Gasteiger partial charge in [0, 0.05) is 18.8 Å². The summed E-state index contributed by atoms with van der Waals surface area (Å²) in [6, 6.07) is 6.91. The molecule has 1 aliphatic carbocycles. The number of benzene rings is 1. The second-order valence-electron chi connectivity index (χ2n) is 8.04. The molecule has 1 heterocycles. The normalized spacial score (nSPS) is 20.6. The molecule has 0 bridgehead atoms. The quantitative estimate of drug-likeness (QED) is 0.894. The van der Waals surface area contributed by atoms with E-state index in [1.807, 2.05) is 25.7 Å². The number of likely N-dealkylation sites (tertiary alicyclic amines) is 1. The molecule has 4 nitrogen and oxygen atoms in total. The Kier molecular flexibility index (Phi) is 5.02. The van der Waals surface area contributed by atoms with Gasteiger partial charge in [0.15, 0.2) is 0 Å². The number of nitrogens with one attached hydrogen (secondary N) is 1. The summed E-state index contributed by atoms with van der Waals surface area (Å²) in [5.74, 6) is 0. The predicted molar refractivity (Wildman–Crippen MR) is 97.5 cm³/mol. The van der Waals surface area contributed by atoms with Crippen LogP contribution in [0.5, 0.6) is 0 Å². The van der Waals surface area contributed by atoms with Crippen molar-refractivity contribution in [2.75, 3.05) is 18.4 Å². The largest absolute Gasteiger partial charge is 0.444 e. The zero-order chi connectivity index (χ0) is 17.2. The standard InChI is InChI=1S/C20H30N2O2/c1-20(2,3)24-19(23)22-12-5-4-9-18(22)14-21-17-11-10-15-7-6-8-16(15)13-17/h10-11,13,18,21H,4-9,12,14H2,1-3H3. The highest BCUT2D eigenvalue weighted by Crippen LogP contribution is 2.26. The van der Waals surface area contributed by atoms with Crippen LogP contribution >= 0.6 is 0 Å². The van der Waals surface area contributed by atoms with Crippen LogP contribution < -0.4 is 5.32 Å². The van der Waals surface area contributed by atoms with Crippen LogP contribution in [0.25, 0.3) is 0 Å². The second kappa shape index (κ2) is 7.04.